The van der Waals surface area contributed by atoms with E-state index < -0.39 is 0 Å². The fourth-order valence-electron chi connectivity index (χ4n) is 1.62. The molecular weight excluding hydrogens is 345 g/mol. The smallest absolute Gasteiger partial charge is 0.148 e. The Bertz CT molecular complexity index is 494. The zero-order valence-electron chi connectivity index (χ0n) is 9.77. The SMILES string of the molecule is CCC(NC)c1nnc(-c2ccccc2I)s1. The fourth-order valence-corrected chi connectivity index (χ4v) is 3.52. The number of aromatic nitrogens is 2. The summed E-state index contributed by atoms with van der Waals surface area (Å²) in [6, 6.07) is 8.56. The summed E-state index contributed by atoms with van der Waals surface area (Å²) in [7, 11) is 1.96. The molecule has 2 aromatic rings. The number of nitrogens with zero attached hydrogens (tertiary/aromatic N) is 2. The maximum atomic E-state index is 4.29. The van der Waals surface area contributed by atoms with Crippen molar-refractivity contribution < 1.29 is 0 Å². The number of nitrogens with one attached hydrogen (secondary N) is 1. The Morgan fingerprint density at radius 3 is 2.76 bits per heavy atom. The van der Waals surface area contributed by atoms with E-state index in [-0.39, 0.29) is 0 Å². The van der Waals surface area contributed by atoms with Gasteiger partial charge in [0.05, 0.1) is 6.04 Å². The zero-order valence-corrected chi connectivity index (χ0v) is 12.7. The molecule has 1 N–H and O–H groups in total. The first-order valence-corrected chi connectivity index (χ1v) is 7.41. The van der Waals surface area contributed by atoms with Gasteiger partial charge in [0.15, 0.2) is 0 Å². The summed E-state index contributed by atoms with van der Waals surface area (Å²) >= 11 is 4.00. The summed E-state index contributed by atoms with van der Waals surface area (Å²) in [4.78, 5) is 0. The van der Waals surface area contributed by atoms with Crippen LogP contribution >= 0.6 is 33.9 Å². The van der Waals surface area contributed by atoms with E-state index in [1.54, 1.807) is 11.3 Å². The Labute approximate surface area is 119 Å². The van der Waals surface area contributed by atoms with E-state index in [0.717, 1.165) is 16.4 Å². The van der Waals surface area contributed by atoms with Crippen LogP contribution in [-0.2, 0) is 0 Å². The van der Waals surface area contributed by atoms with Gasteiger partial charge < -0.3 is 5.32 Å². The fraction of sp³-hybridized carbons (Fsp3) is 0.333. The first-order valence-electron chi connectivity index (χ1n) is 5.51. The molecule has 17 heavy (non-hydrogen) atoms. The van der Waals surface area contributed by atoms with Crippen molar-refractivity contribution in [3.05, 3.63) is 32.8 Å². The molecule has 2 rings (SSSR count). The molecule has 0 saturated carbocycles. The Kier molecular flexibility index (Phi) is 4.47. The van der Waals surface area contributed by atoms with Gasteiger partial charge in [0.25, 0.3) is 0 Å². The molecular formula is C12H14IN3S. The number of benzene rings is 1. The molecule has 90 valence electrons. The molecule has 1 aromatic carbocycles. The van der Waals surface area contributed by atoms with Crippen LogP contribution in [0.3, 0.4) is 0 Å². The summed E-state index contributed by atoms with van der Waals surface area (Å²) in [5, 5.41) is 13.9. The summed E-state index contributed by atoms with van der Waals surface area (Å²) in [5.41, 5.74) is 1.17. The van der Waals surface area contributed by atoms with Crippen LogP contribution in [0.5, 0.6) is 0 Å². The van der Waals surface area contributed by atoms with E-state index in [1.807, 2.05) is 19.2 Å². The van der Waals surface area contributed by atoms with Gasteiger partial charge in [-0.25, -0.2) is 0 Å². The lowest BCUT2D eigenvalue weighted by Crippen LogP contribution is -2.14. The topological polar surface area (TPSA) is 37.8 Å². The van der Waals surface area contributed by atoms with Crippen LogP contribution in [0.25, 0.3) is 10.6 Å². The average Bonchev–Trinajstić information content (AvgIpc) is 2.81. The van der Waals surface area contributed by atoms with Crippen LogP contribution in [0.2, 0.25) is 0 Å². The normalized spacial score (nSPS) is 12.6. The second kappa shape index (κ2) is 5.88. The maximum Gasteiger partial charge on any atom is 0.148 e. The van der Waals surface area contributed by atoms with Crippen molar-refractivity contribution in [2.24, 2.45) is 0 Å². The van der Waals surface area contributed by atoms with Crippen molar-refractivity contribution in [2.45, 2.75) is 19.4 Å². The third-order valence-electron chi connectivity index (χ3n) is 2.60. The Balaban J connectivity index is 2.33. The van der Waals surface area contributed by atoms with Gasteiger partial charge in [-0.1, -0.05) is 36.5 Å². The minimum Gasteiger partial charge on any atom is -0.311 e. The maximum absolute atomic E-state index is 4.29. The molecule has 0 fully saturated rings. The minimum absolute atomic E-state index is 0.308. The first kappa shape index (κ1) is 12.9. The highest BCUT2D eigenvalue weighted by Gasteiger charge is 2.14. The minimum atomic E-state index is 0.308. The predicted octanol–water partition coefficient (Wildman–Crippen LogP) is 3.48. The lowest BCUT2D eigenvalue weighted by Gasteiger charge is -2.08. The van der Waals surface area contributed by atoms with E-state index >= 15 is 0 Å². The second-order valence-corrected chi connectivity index (χ2v) is 5.85. The van der Waals surface area contributed by atoms with E-state index in [1.165, 1.54) is 9.13 Å². The Morgan fingerprint density at radius 2 is 2.12 bits per heavy atom. The van der Waals surface area contributed by atoms with Crippen LogP contribution in [-0.4, -0.2) is 17.2 Å². The highest BCUT2D eigenvalue weighted by molar-refractivity contribution is 14.1. The van der Waals surface area contributed by atoms with Crippen LogP contribution < -0.4 is 5.32 Å². The lowest BCUT2D eigenvalue weighted by atomic mass is 10.2. The molecule has 3 nitrogen and oxygen atoms in total. The summed E-state index contributed by atoms with van der Waals surface area (Å²) in [6.07, 6.45) is 1.02. The zero-order chi connectivity index (χ0) is 12.3. The highest BCUT2D eigenvalue weighted by atomic mass is 127. The molecule has 1 heterocycles. The van der Waals surface area contributed by atoms with Gasteiger partial charge in [0.2, 0.25) is 0 Å². The molecule has 0 bridgehead atoms. The summed E-state index contributed by atoms with van der Waals surface area (Å²) < 4.78 is 1.21. The molecule has 0 aliphatic carbocycles. The van der Waals surface area contributed by atoms with E-state index in [2.05, 4.69) is 57.2 Å². The van der Waals surface area contributed by atoms with Crippen molar-refractivity contribution in [2.75, 3.05) is 7.05 Å². The van der Waals surface area contributed by atoms with Gasteiger partial charge in [0, 0.05) is 9.13 Å². The van der Waals surface area contributed by atoms with Crippen molar-refractivity contribution >= 4 is 33.9 Å². The number of hydrogen-bond acceptors (Lipinski definition) is 4. The third kappa shape index (κ3) is 2.83. The molecule has 0 amide bonds. The molecule has 0 radical (unpaired) electrons. The molecule has 0 aliphatic heterocycles. The second-order valence-electron chi connectivity index (χ2n) is 3.67. The average molecular weight is 359 g/mol. The standard InChI is InChI=1S/C12H14IN3S/c1-3-10(14-2)12-16-15-11(17-12)8-6-4-5-7-9(8)13/h4-7,10,14H,3H2,1-2H3. The Morgan fingerprint density at radius 1 is 1.35 bits per heavy atom. The van der Waals surface area contributed by atoms with Gasteiger partial charge in [-0.15, -0.1) is 10.2 Å². The van der Waals surface area contributed by atoms with Crippen LogP contribution in [0.4, 0.5) is 0 Å². The van der Waals surface area contributed by atoms with E-state index in [0.29, 0.717) is 6.04 Å². The lowest BCUT2D eigenvalue weighted by molar-refractivity contribution is 0.568. The monoisotopic (exact) mass is 359 g/mol. The van der Waals surface area contributed by atoms with Gasteiger partial charge in [0.1, 0.15) is 10.0 Å². The van der Waals surface area contributed by atoms with Crippen molar-refractivity contribution in [3.8, 4) is 10.6 Å². The van der Waals surface area contributed by atoms with Gasteiger partial charge >= 0.3 is 0 Å². The largest absolute Gasteiger partial charge is 0.311 e. The first-order chi connectivity index (χ1) is 8.26. The molecule has 0 saturated heterocycles. The number of hydrogen-bond donors (Lipinski definition) is 1. The van der Waals surface area contributed by atoms with Gasteiger partial charge in [-0.05, 0) is 42.1 Å². The summed E-state index contributed by atoms with van der Waals surface area (Å²) in [5.74, 6) is 0. The highest BCUT2D eigenvalue weighted by Crippen LogP contribution is 2.30. The van der Waals surface area contributed by atoms with Crippen molar-refractivity contribution in [1.29, 1.82) is 0 Å². The van der Waals surface area contributed by atoms with Gasteiger partial charge in [-0.2, -0.15) is 0 Å². The summed E-state index contributed by atoms with van der Waals surface area (Å²) in [6.45, 7) is 2.15. The van der Waals surface area contributed by atoms with Crippen LogP contribution in [0.1, 0.15) is 24.4 Å². The molecule has 0 spiro atoms. The quantitative estimate of drug-likeness (QED) is 0.850. The molecule has 1 unspecified atom stereocenters. The van der Waals surface area contributed by atoms with E-state index in [9.17, 15) is 0 Å². The van der Waals surface area contributed by atoms with Crippen molar-refractivity contribution in [3.63, 3.8) is 0 Å². The number of rotatable bonds is 4. The molecule has 5 heteroatoms. The van der Waals surface area contributed by atoms with Crippen LogP contribution in [0.15, 0.2) is 24.3 Å². The molecule has 0 aliphatic rings. The van der Waals surface area contributed by atoms with E-state index in [4.69, 9.17) is 0 Å². The molecule has 1 atom stereocenters. The predicted molar refractivity (Wildman–Crippen MR) is 80.2 cm³/mol. The van der Waals surface area contributed by atoms with Crippen molar-refractivity contribution in [1.82, 2.24) is 15.5 Å². The van der Waals surface area contributed by atoms with Gasteiger partial charge in [-0.3, -0.25) is 0 Å². The number of halogens is 1. The molecule has 1 aromatic heterocycles. The third-order valence-corrected chi connectivity index (χ3v) is 4.61. The van der Waals surface area contributed by atoms with Crippen LogP contribution in [0, 0.1) is 3.57 Å². The Hall–Kier alpha value is -0.530.